The van der Waals surface area contributed by atoms with Gasteiger partial charge in [-0.05, 0) is 54.7 Å². The molecule has 0 aromatic carbocycles. The number of thiol groups is 1. The van der Waals surface area contributed by atoms with Gasteiger partial charge in [0.2, 0.25) is 0 Å². The third-order valence-corrected chi connectivity index (χ3v) is 7.83. The third kappa shape index (κ3) is 3.39. The summed E-state index contributed by atoms with van der Waals surface area (Å²) < 4.78 is 2.20. The number of aromatic nitrogens is 2. The summed E-state index contributed by atoms with van der Waals surface area (Å²) in [6.07, 6.45) is 14.6. The van der Waals surface area contributed by atoms with Crippen molar-refractivity contribution in [3.8, 4) is 5.69 Å². The molecule has 0 saturated carbocycles. The first-order valence-corrected chi connectivity index (χ1v) is 12.5. The van der Waals surface area contributed by atoms with Crippen LogP contribution in [0.5, 0.6) is 0 Å². The zero-order valence-corrected chi connectivity index (χ0v) is 16.0. The Morgan fingerprint density at radius 2 is 2.00 bits per heavy atom. The molecule has 2 aromatic heterocycles. The average molecular weight is 337 g/mol. The maximum Gasteiger partial charge on any atom is 0.110 e. The molecule has 0 fully saturated rings. The molecule has 0 radical (unpaired) electrons. The van der Waals surface area contributed by atoms with E-state index in [-0.39, 0.29) is 0 Å². The molecule has 0 amide bonds. The molecule has 22 heavy (non-hydrogen) atoms. The Morgan fingerprint density at radius 1 is 1.32 bits per heavy atom. The van der Waals surface area contributed by atoms with E-state index in [0.29, 0.717) is 5.25 Å². The molecule has 1 unspecified atom stereocenters. The molecule has 2 heterocycles. The van der Waals surface area contributed by atoms with Gasteiger partial charge < -0.3 is 0 Å². The quantitative estimate of drug-likeness (QED) is 0.604. The number of hydrogen-bond donors (Lipinski definition) is 1. The first-order chi connectivity index (χ1) is 10.1. The average Bonchev–Trinajstić information content (AvgIpc) is 3.00. The van der Waals surface area contributed by atoms with E-state index in [1.807, 2.05) is 6.08 Å². The highest BCUT2D eigenvalue weighted by Gasteiger charge is 2.30. The molecular weight excluding hydrogens is 308 g/mol. The number of aryl methyl sites for hydroxylation is 1. The SMILES string of the molecule is C=Cc1c(CC(C=C)[SH](C)(C)(C)C)nc(C)n1-c1ccsc1. The second-order valence-electron chi connectivity index (χ2n) is 7.74. The normalized spacial score (nSPS) is 15.0. The van der Waals surface area contributed by atoms with Crippen LogP contribution in [0.3, 0.4) is 0 Å². The number of rotatable bonds is 6. The molecule has 0 spiro atoms. The zero-order chi connectivity index (χ0) is 16.6. The summed E-state index contributed by atoms with van der Waals surface area (Å²) >= 11 is 1.70. The van der Waals surface area contributed by atoms with E-state index in [1.54, 1.807) is 11.3 Å². The minimum atomic E-state index is -1.75. The highest BCUT2D eigenvalue weighted by atomic mass is 32.3. The molecule has 0 saturated heterocycles. The monoisotopic (exact) mass is 336 g/mol. The molecule has 2 aromatic rings. The van der Waals surface area contributed by atoms with Crippen molar-refractivity contribution in [1.29, 1.82) is 0 Å². The summed E-state index contributed by atoms with van der Waals surface area (Å²) in [5, 5.41) is 4.71. The predicted molar refractivity (Wildman–Crippen MR) is 107 cm³/mol. The largest absolute Gasteiger partial charge is 0.296 e. The van der Waals surface area contributed by atoms with Gasteiger partial charge in [-0.1, -0.05) is 12.7 Å². The first-order valence-electron chi connectivity index (χ1n) is 7.50. The zero-order valence-electron chi connectivity index (χ0n) is 14.3. The fourth-order valence-electron chi connectivity index (χ4n) is 2.74. The van der Waals surface area contributed by atoms with Crippen LogP contribution >= 0.6 is 20.5 Å². The van der Waals surface area contributed by atoms with Crippen LogP contribution < -0.4 is 0 Å². The lowest BCUT2D eigenvalue weighted by molar-refractivity contribution is 0.949. The van der Waals surface area contributed by atoms with Crippen molar-refractivity contribution >= 4 is 26.6 Å². The van der Waals surface area contributed by atoms with Crippen LogP contribution in [0.4, 0.5) is 0 Å². The Balaban J connectivity index is 2.48. The topological polar surface area (TPSA) is 17.8 Å². The Bertz CT molecular complexity index is 675. The van der Waals surface area contributed by atoms with Crippen molar-refractivity contribution in [2.24, 2.45) is 0 Å². The fraction of sp³-hybridized carbons (Fsp3) is 0.389. The van der Waals surface area contributed by atoms with Gasteiger partial charge in [-0.25, -0.2) is 4.98 Å². The minimum Gasteiger partial charge on any atom is -0.296 e. The second-order valence-corrected chi connectivity index (χ2v) is 16.6. The van der Waals surface area contributed by atoms with Crippen molar-refractivity contribution < 1.29 is 0 Å². The van der Waals surface area contributed by atoms with Crippen LogP contribution in [0.1, 0.15) is 17.2 Å². The number of imidazole rings is 1. The van der Waals surface area contributed by atoms with Gasteiger partial charge in [-0.2, -0.15) is 11.3 Å². The fourth-order valence-corrected chi connectivity index (χ4v) is 5.11. The van der Waals surface area contributed by atoms with Crippen LogP contribution in [0.25, 0.3) is 11.8 Å². The summed E-state index contributed by atoms with van der Waals surface area (Å²) in [5.41, 5.74) is 3.41. The first kappa shape index (κ1) is 17.1. The van der Waals surface area contributed by atoms with Gasteiger partial charge in [-0.15, -0.1) is 6.58 Å². The molecular formula is C18H28N2S2. The maximum absolute atomic E-state index is 4.84. The van der Waals surface area contributed by atoms with Crippen LogP contribution in [-0.4, -0.2) is 39.8 Å². The van der Waals surface area contributed by atoms with Crippen LogP contribution in [0.2, 0.25) is 0 Å². The van der Waals surface area contributed by atoms with E-state index in [9.17, 15) is 0 Å². The van der Waals surface area contributed by atoms with E-state index in [2.05, 4.69) is 72.6 Å². The summed E-state index contributed by atoms with van der Waals surface area (Å²) in [5.74, 6) is 1.02. The van der Waals surface area contributed by atoms with Gasteiger partial charge in [0.05, 0.1) is 17.1 Å². The van der Waals surface area contributed by atoms with Crippen LogP contribution in [0.15, 0.2) is 36.1 Å². The van der Waals surface area contributed by atoms with Crippen molar-refractivity contribution in [2.75, 3.05) is 25.0 Å². The number of thiophene rings is 1. The van der Waals surface area contributed by atoms with Gasteiger partial charge in [0.1, 0.15) is 5.82 Å². The standard InChI is InChI=1S/C18H28N2S2/c1-8-16(22(4,5,6)7)12-17-18(9-2)20(14(3)19-17)15-10-11-21-13-15/h8-11,13,16,22H,1-2,12H2,3-7H3. The molecule has 4 heteroatoms. The second kappa shape index (κ2) is 5.74. The molecule has 0 aliphatic rings. The van der Waals surface area contributed by atoms with Crippen LogP contribution in [0, 0.1) is 6.92 Å². The Morgan fingerprint density at radius 3 is 2.45 bits per heavy atom. The molecule has 122 valence electrons. The highest BCUT2D eigenvalue weighted by molar-refractivity contribution is 8.48. The molecule has 1 atom stereocenters. The summed E-state index contributed by atoms with van der Waals surface area (Å²) in [7, 11) is -1.75. The minimum absolute atomic E-state index is 0.468. The Hall–Kier alpha value is -1.26. The van der Waals surface area contributed by atoms with E-state index in [1.165, 1.54) is 5.69 Å². The third-order valence-electron chi connectivity index (χ3n) is 4.12. The van der Waals surface area contributed by atoms with E-state index in [0.717, 1.165) is 23.6 Å². The van der Waals surface area contributed by atoms with Gasteiger partial charge in [0, 0.05) is 11.8 Å². The van der Waals surface area contributed by atoms with Gasteiger partial charge >= 0.3 is 0 Å². The maximum atomic E-state index is 4.84. The number of nitrogens with zero attached hydrogens (tertiary/aromatic N) is 2. The van der Waals surface area contributed by atoms with Crippen molar-refractivity contribution in [3.63, 3.8) is 0 Å². The summed E-state index contributed by atoms with van der Waals surface area (Å²) in [4.78, 5) is 4.84. The van der Waals surface area contributed by atoms with Crippen molar-refractivity contribution in [2.45, 2.75) is 18.6 Å². The lowest BCUT2D eigenvalue weighted by atomic mass is 10.2. The van der Waals surface area contributed by atoms with E-state index < -0.39 is 9.16 Å². The molecule has 0 aliphatic heterocycles. The predicted octanol–water partition coefficient (Wildman–Crippen LogP) is 4.57. The van der Waals surface area contributed by atoms with Crippen molar-refractivity contribution in [3.05, 3.63) is 53.3 Å². The Kier molecular flexibility index (Phi) is 4.46. The number of hydrogen-bond acceptors (Lipinski definition) is 2. The van der Waals surface area contributed by atoms with Crippen LogP contribution in [-0.2, 0) is 6.42 Å². The van der Waals surface area contributed by atoms with Gasteiger partial charge in [-0.3, -0.25) is 13.7 Å². The van der Waals surface area contributed by atoms with Gasteiger partial charge in [0.15, 0.2) is 0 Å². The molecule has 2 nitrogen and oxygen atoms in total. The van der Waals surface area contributed by atoms with E-state index in [4.69, 9.17) is 4.98 Å². The lowest BCUT2D eigenvalue weighted by Gasteiger charge is -2.53. The van der Waals surface area contributed by atoms with E-state index >= 15 is 0 Å². The Labute approximate surface area is 138 Å². The molecule has 0 aliphatic carbocycles. The van der Waals surface area contributed by atoms with Gasteiger partial charge in [0.25, 0.3) is 0 Å². The molecule has 0 bridgehead atoms. The highest BCUT2D eigenvalue weighted by Crippen LogP contribution is 2.61. The molecule has 2 rings (SSSR count). The summed E-state index contributed by atoms with van der Waals surface area (Å²) in [6.45, 7) is 10.2. The summed E-state index contributed by atoms with van der Waals surface area (Å²) in [6, 6.07) is 2.13. The lowest BCUT2D eigenvalue weighted by Crippen LogP contribution is -2.28. The smallest absolute Gasteiger partial charge is 0.110 e. The van der Waals surface area contributed by atoms with Crippen molar-refractivity contribution in [1.82, 2.24) is 9.55 Å². The molecule has 0 N–H and O–H groups in total.